The molecule has 36 heavy (non-hydrogen) atoms. The molecule has 0 radical (unpaired) electrons. The Hall–Kier alpha value is -3.97. The molecule has 0 saturated heterocycles. The minimum Gasteiger partial charge on any atom is -0.494 e. The van der Waals surface area contributed by atoms with Gasteiger partial charge in [-0.15, -0.1) is 0 Å². The normalized spacial score (nSPS) is 16.9. The summed E-state index contributed by atoms with van der Waals surface area (Å²) in [6.45, 7) is 4.27. The number of rotatable bonds is 8. The number of hydrogen-bond donors (Lipinski definition) is 2. The zero-order chi connectivity index (χ0) is 25.7. The number of nitrogens with one attached hydrogen (secondary N) is 1. The van der Waals surface area contributed by atoms with Crippen LogP contribution in [0, 0.1) is 5.92 Å². The molecule has 1 unspecified atom stereocenters. The number of para-hydroxylation sites is 1. The molecule has 7 heteroatoms. The molecule has 1 aliphatic rings. The standard InChI is InChI=1S/C29H31N3O4/c1-4-18-36-22-16-14-21(15-17-22)26(33)19(2)28(34)31-27-29(35)32(3)24-13-9-8-12-23(24)25(30-27)20-10-6-5-7-11-20/h5-17,19,26-27,33H,4,18H2,1-3H3,(H,31,34)/t19-,26-,27?/m1/s1. The zero-order valence-electron chi connectivity index (χ0n) is 20.7. The third-order valence-corrected chi connectivity index (χ3v) is 6.25. The number of aliphatic imine (C=N–C) groups is 1. The number of aliphatic hydroxyl groups excluding tert-OH is 1. The molecule has 186 valence electrons. The minimum absolute atomic E-state index is 0.360. The van der Waals surface area contributed by atoms with Crippen LogP contribution < -0.4 is 15.0 Å². The van der Waals surface area contributed by atoms with E-state index in [1.165, 1.54) is 4.90 Å². The van der Waals surface area contributed by atoms with E-state index in [0.717, 1.165) is 17.5 Å². The highest BCUT2D eigenvalue weighted by atomic mass is 16.5. The number of amides is 2. The smallest absolute Gasteiger partial charge is 0.272 e. The number of fused-ring (bicyclic) bond motifs is 1. The van der Waals surface area contributed by atoms with Crippen LogP contribution >= 0.6 is 0 Å². The Labute approximate surface area is 211 Å². The molecule has 0 fully saturated rings. The molecule has 0 bridgehead atoms. The van der Waals surface area contributed by atoms with Crippen LogP contribution in [0.1, 0.15) is 43.1 Å². The zero-order valence-corrected chi connectivity index (χ0v) is 20.7. The van der Waals surface area contributed by atoms with Crippen LogP contribution in [0.25, 0.3) is 0 Å². The van der Waals surface area contributed by atoms with Gasteiger partial charge in [0.15, 0.2) is 0 Å². The fraction of sp³-hybridized carbons (Fsp3) is 0.276. The molecule has 1 aliphatic heterocycles. The number of benzodiazepines with no additional fused rings is 1. The van der Waals surface area contributed by atoms with Crippen LogP contribution in [0.3, 0.4) is 0 Å². The first-order chi connectivity index (χ1) is 17.4. The van der Waals surface area contributed by atoms with Crippen molar-refractivity contribution in [1.29, 1.82) is 0 Å². The van der Waals surface area contributed by atoms with Gasteiger partial charge in [0.2, 0.25) is 12.1 Å². The molecular formula is C29H31N3O4. The third kappa shape index (κ3) is 5.31. The Morgan fingerprint density at radius 1 is 1.06 bits per heavy atom. The Morgan fingerprint density at radius 3 is 2.42 bits per heavy atom. The van der Waals surface area contributed by atoms with E-state index in [0.29, 0.717) is 29.3 Å². The lowest BCUT2D eigenvalue weighted by Gasteiger charge is -2.23. The van der Waals surface area contributed by atoms with E-state index < -0.39 is 24.1 Å². The van der Waals surface area contributed by atoms with E-state index >= 15 is 0 Å². The van der Waals surface area contributed by atoms with E-state index in [2.05, 4.69) is 5.32 Å². The summed E-state index contributed by atoms with van der Waals surface area (Å²) in [5, 5.41) is 13.6. The van der Waals surface area contributed by atoms with Crippen LogP contribution in [-0.4, -0.2) is 42.5 Å². The fourth-order valence-electron chi connectivity index (χ4n) is 4.12. The van der Waals surface area contributed by atoms with Crippen molar-refractivity contribution in [3.05, 3.63) is 95.6 Å². The highest BCUT2D eigenvalue weighted by Crippen LogP contribution is 2.28. The molecule has 3 aromatic carbocycles. The number of anilines is 1. The molecule has 3 aromatic rings. The van der Waals surface area contributed by atoms with E-state index in [1.807, 2.05) is 61.5 Å². The molecule has 4 rings (SSSR count). The Bertz CT molecular complexity index is 1240. The largest absolute Gasteiger partial charge is 0.494 e. The van der Waals surface area contributed by atoms with Gasteiger partial charge in [-0.25, -0.2) is 4.99 Å². The number of nitrogens with zero attached hydrogens (tertiary/aromatic N) is 2. The number of aliphatic hydroxyl groups is 1. The van der Waals surface area contributed by atoms with Crippen LogP contribution in [0.4, 0.5) is 5.69 Å². The van der Waals surface area contributed by atoms with Gasteiger partial charge in [0.1, 0.15) is 5.75 Å². The molecule has 0 aliphatic carbocycles. The number of benzene rings is 3. The summed E-state index contributed by atoms with van der Waals surface area (Å²) in [7, 11) is 1.67. The Balaban J connectivity index is 1.58. The van der Waals surface area contributed by atoms with E-state index in [4.69, 9.17) is 9.73 Å². The van der Waals surface area contributed by atoms with E-state index in [9.17, 15) is 14.7 Å². The summed E-state index contributed by atoms with van der Waals surface area (Å²) in [6, 6.07) is 24.1. The lowest BCUT2D eigenvalue weighted by molar-refractivity contribution is -0.132. The second-order valence-corrected chi connectivity index (χ2v) is 8.82. The number of hydrogen-bond acceptors (Lipinski definition) is 5. The molecule has 1 heterocycles. The quantitative estimate of drug-likeness (QED) is 0.503. The van der Waals surface area contributed by atoms with Crippen LogP contribution in [0.15, 0.2) is 83.9 Å². The Kier molecular flexibility index (Phi) is 7.80. The van der Waals surface area contributed by atoms with Gasteiger partial charge in [-0.3, -0.25) is 9.59 Å². The highest BCUT2D eigenvalue weighted by molar-refractivity contribution is 6.20. The van der Waals surface area contributed by atoms with E-state index in [-0.39, 0.29) is 5.91 Å². The van der Waals surface area contributed by atoms with Gasteiger partial charge in [-0.2, -0.15) is 0 Å². The lowest BCUT2D eigenvalue weighted by atomic mass is 9.96. The van der Waals surface area contributed by atoms with Crippen molar-refractivity contribution in [2.75, 3.05) is 18.6 Å². The summed E-state index contributed by atoms with van der Waals surface area (Å²) in [5.74, 6) is -0.936. The average Bonchev–Trinajstić information content (AvgIpc) is 3.02. The molecule has 0 spiro atoms. The first kappa shape index (κ1) is 25.1. The average molecular weight is 486 g/mol. The van der Waals surface area contributed by atoms with Crippen LogP contribution in [-0.2, 0) is 9.59 Å². The van der Waals surface area contributed by atoms with Crippen molar-refractivity contribution in [3.63, 3.8) is 0 Å². The van der Waals surface area contributed by atoms with Gasteiger partial charge >= 0.3 is 0 Å². The molecule has 7 nitrogen and oxygen atoms in total. The van der Waals surface area contributed by atoms with Crippen molar-refractivity contribution in [1.82, 2.24) is 5.32 Å². The van der Waals surface area contributed by atoms with Crippen molar-refractivity contribution in [3.8, 4) is 5.75 Å². The topological polar surface area (TPSA) is 91.2 Å². The Morgan fingerprint density at radius 2 is 1.72 bits per heavy atom. The fourth-order valence-corrected chi connectivity index (χ4v) is 4.12. The summed E-state index contributed by atoms with van der Waals surface area (Å²) < 4.78 is 5.59. The SMILES string of the molecule is CCCOc1ccc([C@H](O)[C@@H](C)C(=O)NC2N=C(c3ccccc3)c3ccccc3N(C)C2=O)cc1. The number of carbonyl (C=O) groups is 2. The molecule has 2 amide bonds. The third-order valence-electron chi connectivity index (χ3n) is 6.25. The van der Waals surface area contributed by atoms with Gasteiger partial charge in [-0.05, 0) is 30.2 Å². The number of carbonyl (C=O) groups excluding carboxylic acids is 2. The predicted octanol–water partition coefficient (Wildman–Crippen LogP) is 4.10. The molecule has 3 atom stereocenters. The van der Waals surface area contributed by atoms with Crippen molar-refractivity contribution in [2.45, 2.75) is 32.5 Å². The minimum atomic E-state index is -1.13. The maximum Gasteiger partial charge on any atom is 0.272 e. The second-order valence-electron chi connectivity index (χ2n) is 8.82. The van der Waals surface area contributed by atoms with Gasteiger partial charge < -0.3 is 20.1 Å². The van der Waals surface area contributed by atoms with E-state index in [1.54, 1.807) is 38.2 Å². The van der Waals surface area contributed by atoms with Gasteiger partial charge in [0.25, 0.3) is 5.91 Å². The summed E-state index contributed by atoms with van der Waals surface area (Å²) in [5.41, 5.74) is 3.55. The van der Waals surface area contributed by atoms with Crippen molar-refractivity contribution in [2.24, 2.45) is 10.9 Å². The van der Waals surface area contributed by atoms with Crippen LogP contribution in [0.2, 0.25) is 0 Å². The number of likely N-dealkylation sites (N-methyl/N-ethyl adjacent to an activating group) is 1. The summed E-state index contributed by atoms with van der Waals surface area (Å²) >= 11 is 0. The predicted molar refractivity (Wildman–Crippen MR) is 140 cm³/mol. The van der Waals surface area contributed by atoms with Gasteiger partial charge in [0.05, 0.1) is 30.0 Å². The highest BCUT2D eigenvalue weighted by Gasteiger charge is 2.33. The van der Waals surface area contributed by atoms with Gasteiger partial charge in [-0.1, -0.05) is 74.5 Å². The maximum atomic E-state index is 13.3. The lowest BCUT2D eigenvalue weighted by Crippen LogP contribution is -2.48. The second kappa shape index (κ2) is 11.2. The summed E-state index contributed by atoms with van der Waals surface area (Å²) in [4.78, 5) is 32.7. The van der Waals surface area contributed by atoms with Crippen LogP contribution in [0.5, 0.6) is 5.75 Å². The number of ether oxygens (including phenoxy) is 1. The molecular weight excluding hydrogens is 454 g/mol. The maximum absolute atomic E-state index is 13.3. The first-order valence-electron chi connectivity index (χ1n) is 12.1. The molecule has 2 N–H and O–H groups in total. The van der Waals surface area contributed by atoms with Crippen molar-refractivity contribution >= 4 is 23.2 Å². The first-order valence-corrected chi connectivity index (χ1v) is 12.1. The summed E-state index contributed by atoms with van der Waals surface area (Å²) in [6.07, 6.45) is -1.29. The molecule has 0 aromatic heterocycles. The van der Waals surface area contributed by atoms with Gasteiger partial charge in [0, 0.05) is 18.2 Å². The van der Waals surface area contributed by atoms with Crippen molar-refractivity contribution < 1.29 is 19.4 Å². The molecule has 0 saturated carbocycles. The monoisotopic (exact) mass is 485 g/mol.